The van der Waals surface area contributed by atoms with E-state index in [2.05, 4.69) is 22.4 Å². The number of alkyl halides is 1. The zero-order valence-corrected chi connectivity index (χ0v) is 19.5. The molecule has 0 radical (unpaired) electrons. The van der Waals surface area contributed by atoms with Gasteiger partial charge in [-0.15, -0.1) is 21.8 Å². The van der Waals surface area contributed by atoms with Crippen molar-refractivity contribution in [1.29, 1.82) is 0 Å². The standard InChI is InChI=1S/C21H29ClN4O3S/c1-5-6-12-26(19(28)21(2,3)14-22)13-11-17(27)23-20-25-24-18(30-20)15-7-9-16(29-4)10-8-15/h7-10H,5-6,11-14H2,1-4H3,(H,23,25,27). The number of nitrogens with one attached hydrogen (secondary N) is 1. The molecular weight excluding hydrogens is 424 g/mol. The number of benzene rings is 1. The molecule has 30 heavy (non-hydrogen) atoms. The maximum atomic E-state index is 12.8. The number of methoxy groups -OCH3 is 1. The highest BCUT2D eigenvalue weighted by molar-refractivity contribution is 7.18. The normalized spacial score (nSPS) is 11.2. The van der Waals surface area contributed by atoms with Crippen LogP contribution in [0.3, 0.4) is 0 Å². The van der Waals surface area contributed by atoms with E-state index >= 15 is 0 Å². The van der Waals surface area contributed by atoms with Gasteiger partial charge in [0.05, 0.1) is 12.5 Å². The van der Waals surface area contributed by atoms with Crippen LogP contribution in [0.5, 0.6) is 5.75 Å². The van der Waals surface area contributed by atoms with Crippen LogP contribution in [0.1, 0.15) is 40.0 Å². The fourth-order valence-electron chi connectivity index (χ4n) is 2.69. The number of hydrogen-bond donors (Lipinski definition) is 1. The number of unbranched alkanes of at least 4 members (excludes halogenated alkanes) is 1. The lowest BCUT2D eigenvalue weighted by molar-refractivity contribution is -0.139. The summed E-state index contributed by atoms with van der Waals surface area (Å²) in [4.78, 5) is 26.9. The Hall–Kier alpha value is -2.19. The van der Waals surface area contributed by atoms with Crippen LogP contribution in [0, 0.1) is 5.41 Å². The second-order valence-corrected chi connectivity index (χ2v) is 8.85. The molecule has 1 N–H and O–H groups in total. The summed E-state index contributed by atoms with van der Waals surface area (Å²) >= 11 is 7.26. The van der Waals surface area contributed by atoms with E-state index in [1.807, 2.05) is 38.1 Å². The summed E-state index contributed by atoms with van der Waals surface area (Å²) in [5.74, 6) is 0.762. The van der Waals surface area contributed by atoms with Crippen LogP contribution in [0.2, 0.25) is 0 Å². The lowest BCUT2D eigenvalue weighted by atomic mass is 9.94. The van der Waals surface area contributed by atoms with Crippen molar-refractivity contribution in [2.24, 2.45) is 5.41 Å². The number of anilines is 1. The van der Waals surface area contributed by atoms with Crippen molar-refractivity contribution in [3.63, 3.8) is 0 Å². The zero-order chi connectivity index (χ0) is 22.1. The van der Waals surface area contributed by atoms with Crippen molar-refractivity contribution < 1.29 is 14.3 Å². The second-order valence-electron chi connectivity index (χ2n) is 7.60. The highest BCUT2D eigenvalue weighted by Crippen LogP contribution is 2.28. The maximum absolute atomic E-state index is 12.8. The molecular formula is C21H29ClN4O3S. The number of carbonyl (C=O) groups is 2. The first-order valence-corrected chi connectivity index (χ1v) is 11.3. The van der Waals surface area contributed by atoms with E-state index in [4.69, 9.17) is 16.3 Å². The molecule has 0 aliphatic rings. The molecule has 0 spiro atoms. The van der Waals surface area contributed by atoms with E-state index in [1.54, 1.807) is 12.0 Å². The number of amides is 2. The summed E-state index contributed by atoms with van der Waals surface area (Å²) < 4.78 is 5.15. The molecule has 0 aliphatic carbocycles. The molecule has 1 aromatic heterocycles. The highest BCUT2D eigenvalue weighted by atomic mass is 35.5. The lowest BCUT2D eigenvalue weighted by Crippen LogP contribution is -2.43. The Morgan fingerprint density at radius 2 is 1.90 bits per heavy atom. The van der Waals surface area contributed by atoms with Crippen molar-refractivity contribution in [1.82, 2.24) is 15.1 Å². The van der Waals surface area contributed by atoms with Crippen LogP contribution < -0.4 is 10.1 Å². The van der Waals surface area contributed by atoms with Crippen molar-refractivity contribution >= 4 is 39.9 Å². The fourth-order valence-corrected chi connectivity index (χ4v) is 3.57. The molecule has 0 saturated heterocycles. The van der Waals surface area contributed by atoms with Crippen molar-refractivity contribution in [3.8, 4) is 16.3 Å². The monoisotopic (exact) mass is 452 g/mol. The molecule has 7 nitrogen and oxygen atoms in total. The topological polar surface area (TPSA) is 84.4 Å². The van der Waals surface area contributed by atoms with Crippen LogP contribution in [0.25, 0.3) is 10.6 Å². The van der Waals surface area contributed by atoms with Gasteiger partial charge in [-0.25, -0.2) is 0 Å². The summed E-state index contributed by atoms with van der Waals surface area (Å²) in [6, 6.07) is 7.47. The first kappa shape index (κ1) is 24.1. The Morgan fingerprint density at radius 3 is 2.50 bits per heavy atom. The molecule has 0 bridgehead atoms. The van der Waals surface area contributed by atoms with Gasteiger partial charge in [0.2, 0.25) is 16.9 Å². The zero-order valence-electron chi connectivity index (χ0n) is 17.9. The van der Waals surface area contributed by atoms with Crippen LogP contribution in [0.15, 0.2) is 24.3 Å². The molecule has 1 aromatic carbocycles. The predicted octanol–water partition coefficient (Wildman–Crippen LogP) is 4.44. The van der Waals surface area contributed by atoms with Gasteiger partial charge < -0.3 is 15.0 Å². The second kappa shape index (κ2) is 11.3. The van der Waals surface area contributed by atoms with E-state index in [0.29, 0.717) is 23.2 Å². The summed E-state index contributed by atoms with van der Waals surface area (Å²) in [5, 5.41) is 12.1. The Morgan fingerprint density at radius 1 is 1.20 bits per heavy atom. The van der Waals surface area contributed by atoms with Gasteiger partial charge in [-0.1, -0.05) is 24.7 Å². The predicted molar refractivity (Wildman–Crippen MR) is 121 cm³/mol. The number of ether oxygens (including phenoxy) is 1. The van der Waals surface area contributed by atoms with Gasteiger partial charge in [0.25, 0.3) is 0 Å². The van der Waals surface area contributed by atoms with Gasteiger partial charge in [-0.3, -0.25) is 9.59 Å². The van der Waals surface area contributed by atoms with Gasteiger partial charge in [-0.05, 0) is 44.5 Å². The quantitative estimate of drug-likeness (QED) is 0.509. The first-order valence-electron chi connectivity index (χ1n) is 9.93. The molecule has 0 aliphatic heterocycles. The lowest BCUT2D eigenvalue weighted by Gasteiger charge is -2.30. The molecule has 0 unspecified atom stereocenters. The van der Waals surface area contributed by atoms with E-state index in [1.165, 1.54) is 11.3 Å². The fraction of sp³-hybridized carbons (Fsp3) is 0.524. The molecule has 2 amide bonds. The number of hydrogen-bond acceptors (Lipinski definition) is 6. The minimum absolute atomic E-state index is 0.0311. The highest BCUT2D eigenvalue weighted by Gasteiger charge is 2.31. The van der Waals surface area contributed by atoms with Gasteiger partial charge in [0.1, 0.15) is 10.8 Å². The Labute approximate surface area is 186 Å². The van der Waals surface area contributed by atoms with Gasteiger partial charge in [0, 0.05) is 31.0 Å². The first-order chi connectivity index (χ1) is 14.3. The van der Waals surface area contributed by atoms with Crippen molar-refractivity contribution in [2.45, 2.75) is 40.0 Å². The van der Waals surface area contributed by atoms with E-state index in [-0.39, 0.29) is 24.1 Å². The molecule has 0 fully saturated rings. The SMILES string of the molecule is CCCCN(CCC(=O)Nc1nnc(-c2ccc(OC)cc2)s1)C(=O)C(C)(C)CCl. The maximum Gasteiger partial charge on any atom is 0.229 e. The van der Waals surface area contributed by atoms with E-state index in [0.717, 1.165) is 24.2 Å². The number of rotatable bonds is 11. The smallest absolute Gasteiger partial charge is 0.229 e. The largest absolute Gasteiger partial charge is 0.497 e. The molecule has 1 heterocycles. The third-order valence-corrected chi connectivity index (χ3v) is 6.15. The average molecular weight is 453 g/mol. The minimum atomic E-state index is -0.654. The van der Waals surface area contributed by atoms with Crippen LogP contribution >= 0.6 is 22.9 Å². The minimum Gasteiger partial charge on any atom is -0.497 e. The summed E-state index contributed by atoms with van der Waals surface area (Å²) in [6.07, 6.45) is 2.04. The molecule has 0 atom stereocenters. The third-order valence-electron chi connectivity index (χ3n) is 4.60. The van der Waals surface area contributed by atoms with E-state index < -0.39 is 5.41 Å². The third kappa shape index (κ3) is 6.67. The Bertz CT molecular complexity index is 839. The number of nitrogens with zero attached hydrogens (tertiary/aromatic N) is 3. The van der Waals surface area contributed by atoms with Crippen molar-refractivity contribution in [3.05, 3.63) is 24.3 Å². The number of halogens is 1. The summed E-state index contributed by atoms with van der Waals surface area (Å²) in [6.45, 7) is 6.67. The summed E-state index contributed by atoms with van der Waals surface area (Å²) in [7, 11) is 1.61. The molecule has 9 heteroatoms. The average Bonchev–Trinajstić information content (AvgIpc) is 3.21. The van der Waals surface area contributed by atoms with E-state index in [9.17, 15) is 9.59 Å². The molecule has 0 saturated carbocycles. The van der Waals surface area contributed by atoms with Crippen molar-refractivity contribution in [2.75, 3.05) is 31.4 Å². The van der Waals surface area contributed by atoms with Crippen LogP contribution in [-0.2, 0) is 9.59 Å². The van der Waals surface area contributed by atoms with Gasteiger partial charge in [-0.2, -0.15) is 0 Å². The van der Waals surface area contributed by atoms with Gasteiger partial charge >= 0.3 is 0 Å². The molecule has 164 valence electrons. The Kier molecular flexibility index (Phi) is 9.05. The molecule has 2 aromatic rings. The van der Waals surface area contributed by atoms with Gasteiger partial charge in [0.15, 0.2) is 0 Å². The summed E-state index contributed by atoms with van der Waals surface area (Å²) in [5.41, 5.74) is 0.242. The number of carbonyl (C=O) groups excluding carboxylic acids is 2. The molecule has 2 rings (SSSR count). The number of aromatic nitrogens is 2. The Balaban J connectivity index is 1.95. The van der Waals surface area contributed by atoms with Crippen LogP contribution in [-0.4, -0.2) is 53.0 Å². The van der Waals surface area contributed by atoms with Crippen LogP contribution in [0.4, 0.5) is 5.13 Å².